The van der Waals surface area contributed by atoms with Gasteiger partial charge in [-0.2, -0.15) is 0 Å². The van der Waals surface area contributed by atoms with Crippen LogP contribution in [0.1, 0.15) is 0 Å². The number of benzene rings is 2. The van der Waals surface area contributed by atoms with Gasteiger partial charge in [-0.05, 0) is 0 Å². The molecule has 0 aliphatic carbocycles. The van der Waals surface area contributed by atoms with Crippen molar-refractivity contribution in [3.8, 4) is 0 Å². The number of primary sulfonamides is 1. The quantitative estimate of drug-likeness (QED) is 0.575. The minimum absolute atomic E-state index is 0.165. The maximum atomic E-state index is 11.2. The Balaban J connectivity index is 2.31. The SMILES string of the molecule is NS(=O)(=O)c1ccc([As](I)c2ccccc2)cc1. The van der Waals surface area contributed by atoms with Gasteiger partial charge in [0.1, 0.15) is 0 Å². The molecule has 0 aliphatic heterocycles. The molecule has 2 N–H and O–H groups in total. The van der Waals surface area contributed by atoms with Gasteiger partial charge in [0.25, 0.3) is 0 Å². The zero-order chi connectivity index (χ0) is 13.2. The molecule has 0 heterocycles. The Morgan fingerprint density at radius 1 is 0.889 bits per heavy atom. The molecule has 6 heteroatoms. The molecule has 1 atom stereocenters. The van der Waals surface area contributed by atoms with Crippen LogP contribution in [0.3, 0.4) is 0 Å². The fourth-order valence-corrected chi connectivity index (χ4v) is 7.73. The molecule has 0 bridgehead atoms. The summed E-state index contributed by atoms with van der Waals surface area (Å²) >= 11 is 1.14. The summed E-state index contributed by atoms with van der Waals surface area (Å²) < 4.78 is 24.9. The Morgan fingerprint density at radius 3 is 1.89 bits per heavy atom. The monoisotopic (exact) mass is 435 g/mol. The Hall–Kier alpha value is -0.362. The zero-order valence-electron chi connectivity index (χ0n) is 9.32. The molecule has 2 aromatic carbocycles. The molecule has 2 aromatic rings. The Morgan fingerprint density at radius 2 is 1.39 bits per heavy atom. The molecule has 3 nitrogen and oxygen atoms in total. The number of rotatable bonds is 3. The van der Waals surface area contributed by atoms with E-state index in [9.17, 15) is 8.42 Å². The predicted molar refractivity (Wildman–Crippen MR) is 83.3 cm³/mol. The molecule has 0 radical (unpaired) electrons. The van der Waals surface area contributed by atoms with E-state index < -0.39 is 21.3 Å². The van der Waals surface area contributed by atoms with Crippen molar-refractivity contribution >= 4 is 50.2 Å². The normalized spacial score (nSPS) is 13.2. The molecule has 0 aromatic heterocycles. The summed E-state index contributed by atoms with van der Waals surface area (Å²) in [5.74, 6) is 0. The third-order valence-corrected chi connectivity index (χ3v) is 12.2. The molecular weight excluding hydrogens is 424 g/mol. The summed E-state index contributed by atoms with van der Waals surface area (Å²) in [6.07, 6.45) is 0. The van der Waals surface area contributed by atoms with Crippen molar-refractivity contribution in [1.29, 1.82) is 0 Å². The average Bonchev–Trinajstić information content (AvgIpc) is 2.38. The minimum atomic E-state index is -3.60. The van der Waals surface area contributed by atoms with Gasteiger partial charge < -0.3 is 0 Å². The van der Waals surface area contributed by atoms with Gasteiger partial charge in [0.05, 0.1) is 0 Å². The summed E-state index contributed by atoms with van der Waals surface area (Å²) in [5.41, 5.74) is 0. The fourth-order valence-electron chi connectivity index (χ4n) is 1.47. The van der Waals surface area contributed by atoms with Crippen LogP contribution in [0.25, 0.3) is 0 Å². The molecule has 0 saturated carbocycles. The van der Waals surface area contributed by atoms with Crippen LogP contribution >= 0.6 is 20.1 Å². The third kappa shape index (κ3) is 3.35. The van der Waals surface area contributed by atoms with E-state index in [2.05, 4.69) is 32.3 Å². The molecule has 0 spiro atoms. The van der Waals surface area contributed by atoms with Gasteiger partial charge in [0.2, 0.25) is 0 Å². The predicted octanol–water partition coefficient (Wildman–Crippen LogP) is 0.875. The Labute approximate surface area is 122 Å². The summed E-state index contributed by atoms with van der Waals surface area (Å²) in [6, 6.07) is 17.1. The van der Waals surface area contributed by atoms with Crippen molar-refractivity contribution in [2.75, 3.05) is 0 Å². The topological polar surface area (TPSA) is 60.2 Å². The van der Waals surface area contributed by atoms with Crippen LogP contribution in [-0.2, 0) is 10.0 Å². The molecule has 0 aliphatic rings. The first-order valence-electron chi connectivity index (χ1n) is 5.12. The first-order chi connectivity index (χ1) is 8.48. The molecule has 94 valence electrons. The van der Waals surface area contributed by atoms with E-state index in [0.717, 1.165) is 0 Å². The van der Waals surface area contributed by atoms with Crippen LogP contribution in [0.5, 0.6) is 0 Å². The van der Waals surface area contributed by atoms with Crippen LogP contribution in [0.4, 0.5) is 0 Å². The zero-order valence-corrected chi connectivity index (χ0v) is 14.2. The molecule has 18 heavy (non-hydrogen) atoms. The van der Waals surface area contributed by atoms with Gasteiger partial charge in [-0.15, -0.1) is 0 Å². The number of sulfonamides is 1. The summed E-state index contributed by atoms with van der Waals surface area (Å²) in [6.45, 7) is 0. The fraction of sp³-hybridized carbons (Fsp3) is 0. The van der Waals surface area contributed by atoms with Crippen molar-refractivity contribution in [3.05, 3.63) is 54.6 Å². The van der Waals surface area contributed by atoms with E-state index in [1.807, 2.05) is 30.3 Å². The van der Waals surface area contributed by atoms with E-state index in [1.165, 1.54) is 8.70 Å². The molecule has 1 unspecified atom stereocenters. The van der Waals surface area contributed by atoms with Crippen LogP contribution in [0.2, 0.25) is 0 Å². The van der Waals surface area contributed by atoms with E-state index in [-0.39, 0.29) is 4.90 Å². The maximum absolute atomic E-state index is 11.2. The second-order valence-electron chi connectivity index (χ2n) is 3.66. The summed E-state index contributed by atoms with van der Waals surface area (Å²) in [7, 11) is -3.60. The van der Waals surface area contributed by atoms with E-state index in [0.29, 0.717) is 0 Å². The summed E-state index contributed by atoms with van der Waals surface area (Å²) in [5, 5.41) is 5.08. The van der Waals surface area contributed by atoms with E-state index in [1.54, 1.807) is 12.1 Å². The van der Waals surface area contributed by atoms with Gasteiger partial charge in [0, 0.05) is 0 Å². The van der Waals surface area contributed by atoms with Crippen molar-refractivity contribution < 1.29 is 8.42 Å². The second-order valence-corrected chi connectivity index (χ2v) is 13.6. The summed E-state index contributed by atoms with van der Waals surface area (Å²) in [4.78, 5) is 0.165. The number of halogens is 1. The van der Waals surface area contributed by atoms with E-state index in [4.69, 9.17) is 5.14 Å². The third-order valence-electron chi connectivity index (χ3n) is 2.37. The number of nitrogens with two attached hydrogens (primary N) is 1. The average molecular weight is 435 g/mol. The Bertz CT molecular complexity index is 629. The van der Waals surface area contributed by atoms with Crippen molar-refractivity contribution in [1.82, 2.24) is 0 Å². The first kappa shape index (κ1) is 14.1. The van der Waals surface area contributed by atoms with Gasteiger partial charge in [-0.1, -0.05) is 0 Å². The molecule has 0 amide bonds. The van der Waals surface area contributed by atoms with Crippen LogP contribution in [0.15, 0.2) is 59.5 Å². The van der Waals surface area contributed by atoms with Gasteiger partial charge in [-0.25, -0.2) is 0 Å². The van der Waals surface area contributed by atoms with Crippen molar-refractivity contribution in [3.63, 3.8) is 0 Å². The molecule has 2 rings (SSSR count). The molecular formula is C12H11AsINO2S. The van der Waals surface area contributed by atoms with Crippen LogP contribution in [0, 0.1) is 0 Å². The molecule has 0 fully saturated rings. The first-order valence-corrected chi connectivity index (χ1v) is 14.3. The number of hydrogen-bond donors (Lipinski definition) is 1. The van der Waals surface area contributed by atoms with Crippen LogP contribution < -0.4 is 13.8 Å². The van der Waals surface area contributed by atoms with Gasteiger partial charge >= 0.3 is 123 Å². The van der Waals surface area contributed by atoms with Crippen molar-refractivity contribution in [2.45, 2.75) is 4.90 Å². The number of hydrogen-bond acceptors (Lipinski definition) is 2. The Kier molecular flexibility index (Phi) is 4.48. The second kappa shape index (κ2) is 5.73. The standard InChI is InChI=1S/C12H11AsINO2S/c14-13(10-4-2-1-3-5-10)11-6-8-12(9-7-11)18(15,16)17/h1-9H,(H2,15,16,17). The van der Waals surface area contributed by atoms with Crippen LogP contribution in [-0.4, -0.2) is 19.7 Å². The van der Waals surface area contributed by atoms with Gasteiger partial charge in [-0.3, -0.25) is 0 Å². The van der Waals surface area contributed by atoms with Crippen molar-refractivity contribution in [2.24, 2.45) is 5.14 Å². The van der Waals surface area contributed by atoms with E-state index >= 15 is 0 Å². The molecule has 0 saturated heterocycles. The van der Waals surface area contributed by atoms with Gasteiger partial charge in [0.15, 0.2) is 0 Å².